The number of aliphatic hydroxyl groups excluding tert-OH is 2. The van der Waals surface area contributed by atoms with Crippen molar-refractivity contribution in [3.05, 3.63) is 24.2 Å². The van der Waals surface area contributed by atoms with Gasteiger partial charge >= 0.3 is 5.97 Å². The van der Waals surface area contributed by atoms with Crippen LogP contribution in [0.25, 0.3) is 5.52 Å². The molecule has 0 radical (unpaired) electrons. The van der Waals surface area contributed by atoms with Crippen molar-refractivity contribution in [3.8, 4) is 6.07 Å². The molecular formula is C20H25N5O5. The number of carbonyl (C=O) groups is 1. The molecule has 1 aliphatic heterocycles. The first-order valence-corrected chi connectivity index (χ1v) is 10.0. The highest BCUT2D eigenvalue weighted by molar-refractivity contribution is 5.76. The molecule has 2 aliphatic rings. The Morgan fingerprint density at radius 2 is 2.13 bits per heavy atom. The molecule has 4 N–H and O–H groups in total. The fourth-order valence-corrected chi connectivity index (χ4v) is 4.42. The molecule has 3 heterocycles. The minimum atomic E-state index is -1.90. The summed E-state index contributed by atoms with van der Waals surface area (Å²) in [4.78, 5) is 16.5. The van der Waals surface area contributed by atoms with Gasteiger partial charge in [0.2, 0.25) is 5.60 Å². The van der Waals surface area contributed by atoms with Crippen molar-refractivity contribution >= 4 is 17.3 Å². The summed E-state index contributed by atoms with van der Waals surface area (Å²) in [5.74, 6) is -0.154. The molecule has 0 unspecified atom stereocenters. The maximum absolute atomic E-state index is 12.6. The number of rotatable bonds is 4. The second-order valence-electron chi connectivity index (χ2n) is 8.32. The van der Waals surface area contributed by atoms with Gasteiger partial charge in [-0.05, 0) is 31.9 Å². The van der Waals surface area contributed by atoms with Gasteiger partial charge in [0.25, 0.3) is 0 Å². The van der Waals surface area contributed by atoms with Crippen LogP contribution in [0.2, 0.25) is 0 Å². The van der Waals surface area contributed by atoms with Crippen LogP contribution < -0.4 is 5.73 Å². The molecular weight excluding hydrogens is 390 g/mol. The zero-order valence-electron chi connectivity index (χ0n) is 16.7. The maximum atomic E-state index is 12.6. The lowest BCUT2D eigenvalue weighted by Crippen LogP contribution is -2.41. The number of fused-ring (bicyclic) bond motifs is 1. The third-order valence-electron chi connectivity index (χ3n) is 6.32. The Morgan fingerprint density at radius 3 is 2.83 bits per heavy atom. The number of hydrogen-bond acceptors (Lipinski definition) is 9. The minimum Gasteiger partial charge on any atom is -0.462 e. The lowest BCUT2D eigenvalue weighted by Gasteiger charge is -2.31. The molecule has 0 amide bonds. The third kappa shape index (κ3) is 3.10. The smallest absolute Gasteiger partial charge is 0.311 e. The highest BCUT2D eigenvalue weighted by atomic mass is 16.6. The molecule has 0 spiro atoms. The first-order valence-electron chi connectivity index (χ1n) is 10.0. The number of nitrogens with zero attached hydrogens (tertiary/aromatic N) is 4. The van der Waals surface area contributed by atoms with Gasteiger partial charge in [-0.1, -0.05) is 19.3 Å². The average molecular weight is 415 g/mol. The summed E-state index contributed by atoms with van der Waals surface area (Å²) >= 11 is 0. The summed E-state index contributed by atoms with van der Waals surface area (Å²) in [6.07, 6.45) is 1.69. The summed E-state index contributed by atoms with van der Waals surface area (Å²) in [6.45, 7) is 1.61. The second-order valence-corrected chi connectivity index (χ2v) is 8.32. The minimum absolute atomic E-state index is 0.198. The van der Waals surface area contributed by atoms with Gasteiger partial charge < -0.3 is 25.4 Å². The number of nitriles is 1. The summed E-state index contributed by atoms with van der Waals surface area (Å²) in [5.41, 5.74) is 4.02. The van der Waals surface area contributed by atoms with Crippen molar-refractivity contribution in [2.75, 3.05) is 12.3 Å². The summed E-state index contributed by atoms with van der Waals surface area (Å²) in [7, 11) is 0. The van der Waals surface area contributed by atoms with E-state index in [9.17, 15) is 20.3 Å². The van der Waals surface area contributed by atoms with Gasteiger partial charge in [-0.25, -0.2) is 9.50 Å². The molecule has 10 heteroatoms. The van der Waals surface area contributed by atoms with E-state index in [1.807, 2.05) is 13.0 Å². The lowest BCUT2D eigenvalue weighted by atomic mass is 9.76. The molecule has 1 saturated heterocycles. The average Bonchev–Trinajstić information content (AvgIpc) is 3.29. The molecule has 10 nitrogen and oxygen atoms in total. The summed E-state index contributed by atoms with van der Waals surface area (Å²) in [5, 5.41) is 35.3. The van der Waals surface area contributed by atoms with Gasteiger partial charge in [-0.3, -0.25) is 4.79 Å². The first kappa shape index (κ1) is 20.5. The van der Waals surface area contributed by atoms with Crippen molar-refractivity contribution in [1.29, 1.82) is 5.26 Å². The van der Waals surface area contributed by atoms with Crippen LogP contribution in [-0.2, 0) is 19.9 Å². The fraction of sp³-hybridized carbons (Fsp3) is 0.600. The highest BCUT2D eigenvalue weighted by Crippen LogP contribution is 2.41. The normalized spacial score (nSPS) is 30.8. The molecule has 2 aromatic heterocycles. The van der Waals surface area contributed by atoms with E-state index in [4.69, 9.17) is 15.2 Å². The van der Waals surface area contributed by atoms with E-state index < -0.39 is 29.3 Å². The molecule has 1 saturated carbocycles. The number of hydrogen-bond donors (Lipinski definition) is 3. The number of anilines is 1. The van der Waals surface area contributed by atoms with E-state index in [0.717, 1.165) is 32.1 Å². The van der Waals surface area contributed by atoms with Gasteiger partial charge in [0.1, 0.15) is 42.8 Å². The number of nitrogens with two attached hydrogens (primary N) is 1. The van der Waals surface area contributed by atoms with Gasteiger partial charge in [0, 0.05) is 0 Å². The van der Waals surface area contributed by atoms with Crippen molar-refractivity contribution in [3.63, 3.8) is 0 Å². The third-order valence-corrected chi connectivity index (χ3v) is 6.32. The molecule has 2 aromatic rings. The molecule has 160 valence electrons. The van der Waals surface area contributed by atoms with Crippen LogP contribution >= 0.6 is 0 Å². The van der Waals surface area contributed by atoms with Gasteiger partial charge in [-0.2, -0.15) is 10.4 Å². The number of esters is 1. The van der Waals surface area contributed by atoms with Crippen LogP contribution in [0.3, 0.4) is 0 Å². The second kappa shape index (κ2) is 7.50. The number of ether oxygens (including phenoxy) is 2. The number of aromatic nitrogens is 3. The van der Waals surface area contributed by atoms with Crippen molar-refractivity contribution < 1.29 is 24.5 Å². The molecule has 2 fully saturated rings. The summed E-state index contributed by atoms with van der Waals surface area (Å²) < 4.78 is 12.6. The van der Waals surface area contributed by atoms with Crippen molar-refractivity contribution in [2.24, 2.45) is 5.41 Å². The molecule has 4 atom stereocenters. The van der Waals surface area contributed by atoms with Gasteiger partial charge in [-0.15, -0.1) is 0 Å². The molecule has 0 aromatic carbocycles. The molecule has 0 bridgehead atoms. The SMILES string of the molecule is CC1(C(=O)OC[C@H]2O[C@@](C#N)(c3ccc4c(N)ncnn34)[C@H](O)[C@@H]2O)CCCCC1. The predicted octanol–water partition coefficient (Wildman–Crippen LogP) is 0.665. The van der Waals surface area contributed by atoms with E-state index in [1.54, 1.807) is 6.07 Å². The Labute approximate surface area is 173 Å². The van der Waals surface area contributed by atoms with Crippen molar-refractivity contribution in [1.82, 2.24) is 14.6 Å². The Hall–Kier alpha value is -2.74. The van der Waals surface area contributed by atoms with E-state index >= 15 is 0 Å². The molecule has 4 rings (SSSR count). The zero-order chi connectivity index (χ0) is 21.5. The highest BCUT2D eigenvalue weighted by Gasteiger charge is 2.58. The predicted molar refractivity (Wildman–Crippen MR) is 104 cm³/mol. The Morgan fingerprint density at radius 1 is 1.40 bits per heavy atom. The van der Waals surface area contributed by atoms with Crippen LogP contribution in [0.1, 0.15) is 44.7 Å². The first-order chi connectivity index (χ1) is 14.3. The quantitative estimate of drug-likeness (QED) is 0.610. The van der Waals surface area contributed by atoms with Crippen LogP contribution in [0.5, 0.6) is 0 Å². The molecule has 30 heavy (non-hydrogen) atoms. The van der Waals surface area contributed by atoms with Crippen LogP contribution in [-0.4, -0.2) is 55.7 Å². The lowest BCUT2D eigenvalue weighted by molar-refractivity contribution is -0.163. The van der Waals surface area contributed by atoms with E-state index in [2.05, 4.69) is 10.1 Å². The van der Waals surface area contributed by atoms with Gasteiger partial charge in [0.05, 0.1) is 11.1 Å². The zero-order valence-corrected chi connectivity index (χ0v) is 16.7. The maximum Gasteiger partial charge on any atom is 0.311 e. The monoisotopic (exact) mass is 415 g/mol. The van der Waals surface area contributed by atoms with Gasteiger partial charge in [0.15, 0.2) is 5.82 Å². The van der Waals surface area contributed by atoms with E-state index in [0.29, 0.717) is 5.52 Å². The molecule has 1 aliphatic carbocycles. The fourth-order valence-electron chi connectivity index (χ4n) is 4.42. The van der Waals surface area contributed by atoms with Crippen LogP contribution in [0.15, 0.2) is 18.5 Å². The number of carbonyl (C=O) groups excluding carboxylic acids is 1. The Bertz CT molecular complexity index is 995. The Kier molecular flexibility index (Phi) is 5.13. The van der Waals surface area contributed by atoms with E-state index in [1.165, 1.54) is 16.9 Å². The topological polar surface area (TPSA) is 156 Å². The number of nitrogen functional groups attached to an aromatic ring is 1. The number of aliphatic hydroxyl groups is 2. The largest absolute Gasteiger partial charge is 0.462 e. The standard InChI is InChI=1S/C20H25N5O5/c1-19(7-3-2-4-8-19)18(28)29-9-13-15(26)16(27)20(10-21,30-13)14-6-5-12-17(22)23-11-24-25(12)14/h5-6,11,13,15-16,26-27H,2-4,7-9H2,1H3,(H2,22,23,24)/t13-,15-,16-,20+/m1/s1. The summed E-state index contributed by atoms with van der Waals surface area (Å²) in [6, 6.07) is 5.10. The van der Waals surface area contributed by atoms with Crippen LogP contribution in [0, 0.1) is 16.7 Å². The van der Waals surface area contributed by atoms with Crippen molar-refractivity contribution in [2.45, 2.75) is 62.9 Å². The Balaban J connectivity index is 1.56. The van der Waals surface area contributed by atoms with E-state index in [-0.39, 0.29) is 24.1 Å². The van der Waals surface area contributed by atoms with Crippen LogP contribution in [0.4, 0.5) is 5.82 Å².